The van der Waals surface area contributed by atoms with Crippen LogP contribution in [0.5, 0.6) is 0 Å². The highest BCUT2D eigenvalue weighted by atomic mass is 32.1. The lowest BCUT2D eigenvalue weighted by atomic mass is 10.1. The summed E-state index contributed by atoms with van der Waals surface area (Å²) < 4.78 is 0. The van der Waals surface area contributed by atoms with E-state index in [1.54, 1.807) is 11.7 Å². The summed E-state index contributed by atoms with van der Waals surface area (Å²) in [5.74, 6) is 0. The number of hydrogen-bond donors (Lipinski definition) is 2. The fraction of sp³-hybridized carbons (Fsp3) is 0.375. The molecule has 5 nitrogen and oxygen atoms in total. The summed E-state index contributed by atoms with van der Waals surface area (Å²) in [4.78, 5) is 11.7. The van der Waals surface area contributed by atoms with Crippen molar-refractivity contribution in [2.75, 3.05) is 61.4 Å². The van der Waals surface area contributed by atoms with E-state index in [2.05, 4.69) is 107 Å². The summed E-state index contributed by atoms with van der Waals surface area (Å²) in [6.45, 7) is 10.7. The van der Waals surface area contributed by atoms with Gasteiger partial charge in [0.25, 0.3) is 0 Å². The Balaban J connectivity index is 1.58. The van der Waals surface area contributed by atoms with Crippen LogP contribution in [-0.4, -0.2) is 57.6 Å². The molecule has 1 aliphatic rings. The predicted molar refractivity (Wildman–Crippen MR) is 135 cm³/mol. The quantitative estimate of drug-likeness (QED) is 0.368. The number of piperazine rings is 1. The molecule has 6 heteroatoms. The van der Waals surface area contributed by atoms with Crippen molar-refractivity contribution < 1.29 is 0 Å². The van der Waals surface area contributed by atoms with Gasteiger partial charge in [-0.3, -0.25) is 0 Å². The molecule has 3 rings (SSSR count). The van der Waals surface area contributed by atoms with Crippen molar-refractivity contribution in [3.63, 3.8) is 0 Å². The van der Waals surface area contributed by atoms with Gasteiger partial charge in [-0.05, 0) is 62.7 Å². The summed E-state index contributed by atoms with van der Waals surface area (Å²) in [5, 5.41) is 5.00. The highest BCUT2D eigenvalue weighted by Gasteiger charge is 2.13. The Morgan fingerprint density at radius 2 is 1.63 bits per heavy atom. The van der Waals surface area contributed by atoms with E-state index in [0.717, 1.165) is 56.2 Å². The first-order valence-corrected chi connectivity index (χ1v) is 11.2. The van der Waals surface area contributed by atoms with Crippen LogP contribution in [0.25, 0.3) is 5.70 Å². The molecular weight excluding hydrogens is 390 g/mol. The Bertz CT molecular complexity index is 833. The Kier molecular flexibility index (Phi) is 8.22. The molecule has 30 heavy (non-hydrogen) atoms. The minimum Gasteiger partial charge on any atom is -0.372 e. The van der Waals surface area contributed by atoms with Gasteiger partial charge in [-0.1, -0.05) is 12.1 Å². The van der Waals surface area contributed by atoms with Crippen LogP contribution in [0.2, 0.25) is 0 Å². The van der Waals surface area contributed by atoms with Gasteiger partial charge in [0, 0.05) is 61.9 Å². The van der Waals surface area contributed by atoms with Gasteiger partial charge in [-0.25, -0.2) is 4.99 Å². The number of rotatable bonds is 8. The monoisotopic (exact) mass is 423 g/mol. The molecule has 0 amide bonds. The molecule has 0 atom stereocenters. The molecule has 0 aliphatic carbocycles. The number of aliphatic imine (C=N–C) groups is 1. The molecule has 0 saturated carbocycles. The zero-order chi connectivity index (χ0) is 21.3. The summed E-state index contributed by atoms with van der Waals surface area (Å²) >= 11 is 4.35. The average molecular weight is 424 g/mol. The molecular formula is C24H33N5S. The van der Waals surface area contributed by atoms with E-state index in [1.165, 1.54) is 11.4 Å². The van der Waals surface area contributed by atoms with E-state index in [9.17, 15) is 0 Å². The summed E-state index contributed by atoms with van der Waals surface area (Å²) in [5.41, 5.74) is 5.39. The number of benzene rings is 2. The van der Waals surface area contributed by atoms with Crippen LogP contribution in [0.1, 0.15) is 19.4 Å². The van der Waals surface area contributed by atoms with Crippen molar-refractivity contribution in [1.29, 1.82) is 0 Å². The molecule has 0 spiro atoms. The maximum Gasteiger partial charge on any atom is 0.0930 e. The van der Waals surface area contributed by atoms with Crippen LogP contribution >= 0.6 is 12.6 Å². The number of anilines is 3. The van der Waals surface area contributed by atoms with Crippen LogP contribution in [-0.2, 0) is 0 Å². The molecule has 1 saturated heterocycles. The van der Waals surface area contributed by atoms with E-state index in [0.29, 0.717) is 0 Å². The average Bonchev–Trinajstić information content (AvgIpc) is 2.79. The third kappa shape index (κ3) is 5.80. The summed E-state index contributed by atoms with van der Waals surface area (Å²) in [6.07, 6.45) is 1.73. The van der Waals surface area contributed by atoms with Gasteiger partial charge in [-0.15, -0.1) is 12.6 Å². The zero-order valence-electron chi connectivity index (χ0n) is 18.3. The molecule has 1 fully saturated rings. The second-order valence-corrected chi connectivity index (χ2v) is 7.73. The number of hydrogen-bond acceptors (Lipinski definition) is 5. The van der Waals surface area contributed by atoms with E-state index >= 15 is 0 Å². The first-order chi connectivity index (χ1) is 14.6. The largest absolute Gasteiger partial charge is 0.372 e. The molecule has 2 aromatic rings. The van der Waals surface area contributed by atoms with Gasteiger partial charge < -0.3 is 20.0 Å². The van der Waals surface area contributed by atoms with Crippen LogP contribution in [0.3, 0.4) is 0 Å². The zero-order valence-corrected chi connectivity index (χ0v) is 19.1. The summed E-state index contributed by atoms with van der Waals surface area (Å²) in [6, 6.07) is 17.0. The lowest BCUT2D eigenvalue weighted by Gasteiger charge is -2.34. The Hall–Kier alpha value is -2.44. The molecule has 0 radical (unpaired) electrons. The first-order valence-electron chi connectivity index (χ1n) is 10.7. The third-order valence-corrected chi connectivity index (χ3v) is 5.83. The maximum atomic E-state index is 4.56. The fourth-order valence-corrected chi connectivity index (χ4v) is 3.84. The van der Waals surface area contributed by atoms with Gasteiger partial charge in [0.15, 0.2) is 0 Å². The Morgan fingerprint density at radius 3 is 2.20 bits per heavy atom. The molecule has 0 unspecified atom stereocenters. The lowest BCUT2D eigenvalue weighted by Crippen LogP contribution is -2.44. The predicted octanol–water partition coefficient (Wildman–Crippen LogP) is 4.65. The van der Waals surface area contributed by atoms with E-state index in [-0.39, 0.29) is 0 Å². The van der Waals surface area contributed by atoms with Gasteiger partial charge in [-0.2, -0.15) is 0 Å². The van der Waals surface area contributed by atoms with Gasteiger partial charge in [0.05, 0.1) is 12.0 Å². The molecule has 1 N–H and O–H groups in total. The molecule has 160 valence electrons. The highest BCUT2D eigenvalue weighted by Crippen LogP contribution is 2.22. The second kappa shape index (κ2) is 11.1. The van der Waals surface area contributed by atoms with Crippen LogP contribution in [0, 0.1) is 0 Å². The van der Waals surface area contributed by atoms with Gasteiger partial charge in [0.2, 0.25) is 0 Å². The summed E-state index contributed by atoms with van der Waals surface area (Å²) in [7, 11) is 2.18. The highest BCUT2D eigenvalue weighted by molar-refractivity contribution is 7.83. The first kappa shape index (κ1) is 22.2. The molecule has 2 aromatic carbocycles. The minimum absolute atomic E-state index is 0.825. The molecule has 0 aromatic heterocycles. The number of likely N-dealkylation sites (N-methyl/N-ethyl adjacent to an activating group) is 1. The lowest BCUT2D eigenvalue weighted by molar-refractivity contribution is 0.313. The van der Waals surface area contributed by atoms with Crippen molar-refractivity contribution in [3.8, 4) is 0 Å². The van der Waals surface area contributed by atoms with Crippen LogP contribution in [0.4, 0.5) is 17.1 Å². The van der Waals surface area contributed by atoms with E-state index in [4.69, 9.17) is 0 Å². The van der Waals surface area contributed by atoms with Gasteiger partial charge >= 0.3 is 0 Å². The van der Waals surface area contributed by atoms with Crippen molar-refractivity contribution in [2.24, 2.45) is 4.99 Å². The smallest absolute Gasteiger partial charge is 0.0930 e. The third-order valence-electron chi connectivity index (χ3n) is 5.58. The Labute approximate surface area is 186 Å². The van der Waals surface area contributed by atoms with Gasteiger partial charge in [0.1, 0.15) is 0 Å². The second-order valence-electron chi connectivity index (χ2n) is 7.47. The number of nitrogens with zero attached hydrogens (tertiary/aromatic N) is 4. The van der Waals surface area contributed by atoms with Crippen molar-refractivity contribution >= 4 is 41.7 Å². The molecule has 1 heterocycles. The van der Waals surface area contributed by atoms with Crippen molar-refractivity contribution in [2.45, 2.75) is 13.8 Å². The van der Waals surface area contributed by atoms with Crippen molar-refractivity contribution in [3.05, 3.63) is 59.5 Å². The maximum absolute atomic E-state index is 4.56. The number of nitrogens with one attached hydrogen (secondary N) is 1. The topological polar surface area (TPSA) is 34.1 Å². The van der Waals surface area contributed by atoms with Crippen molar-refractivity contribution in [1.82, 2.24) is 4.90 Å². The molecule has 0 bridgehead atoms. The SMILES string of the molecule is CCN(CC)c1ccc(/C(=C/S)N=CNc2ccc(N3CCN(C)CC3)cc2)cc1. The Morgan fingerprint density at radius 1 is 1.00 bits per heavy atom. The van der Waals surface area contributed by atoms with E-state index < -0.39 is 0 Å². The molecule has 1 aliphatic heterocycles. The van der Waals surface area contributed by atoms with E-state index in [1.807, 2.05) is 0 Å². The standard InChI is InChI=1S/C24H33N5S/c1-4-28(5-2)22-10-6-20(7-11-22)24(18-30)26-19-25-21-8-12-23(13-9-21)29-16-14-27(3)15-17-29/h6-13,18-19,30H,4-5,14-17H2,1-3H3,(H,25,26)/b24-18-. The fourth-order valence-electron chi connectivity index (χ4n) is 3.62. The minimum atomic E-state index is 0.825. The van der Waals surface area contributed by atoms with Crippen LogP contribution in [0.15, 0.2) is 58.9 Å². The normalized spacial score (nSPS) is 15.6. The number of thiol groups is 1. The van der Waals surface area contributed by atoms with Crippen LogP contribution < -0.4 is 15.1 Å².